The van der Waals surface area contributed by atoms with Crippen molar-refractivity contribution in [2.24, 2.45) is 0 Å². The van der Waals surface area contributed by atoms with Gasteiger partial charge in [-0.05, 0) is 18.2 Å². The maximum atomic E-state index is 12.5. The van der Waals surface area contributed by atoms with Gasteiger partial charge in [0.2, 0.25) is 5.54 Å². The van der Waals surface area contributed by atoms with Crippen molar-refractivity contribution < 1.29 is 19.4 Å². The quantitative estimate of drug-likeness (QED) is 0.458. The molecule has 0 saturated carbocycles. The van der Waals surface area contributed by atoms with Gasteiger partial charge in [-0.25, -0.2) is 14.8 Å². The molecular weight excluding hydrogens is 362 g/mol. The van der Waals surface area contributed by atoms with Gasteiger partial charge in [0.1, 0.15) is 12.1 Å². The van der Waals surface area contributed by atoms with Crippen molar-refractivity contribution in [1.82, 2.24) is 25.2 Å². The predicted molar refractivity (Wildman–Crippen MR) is 98.5 cm³/mol. The molecule has 1 aliphatic rings. The Bertz CT molecular complexity index is 1150. The van der Waals surface area contributed by atoms with Gasteiger partial charge in [-0.3, -0.25) is 10.1 Å². The zero-order valence-electron chi connectivity index (χ0n) is 14.8. The molecule has 28 heavy (non-hydrogen) atoms. The van der Waals surface area contributed by atoms with Crippen LogP contribution in [-0.2, 0) is 11.3 Å². The molecule has 0 radical (unpaired) electrons. The Labute approximate surface area is 159 Å². The molecule has 0 unspecified atom stereocenters. The molecule has 140 valence electrons. The molecule has 0 spiro atoms. The number of imide groups is 1. The van der Waals surface area contributed by atoms with E-state index in [1.807, 2.05) is 0 Å². The number of nitrogens with zero attached hydrogens (tertiary/aromatic N) is 3. The molecule has 3 amide bonds. The van der Waals surface area contributed by atoms with E-state index in [-0.39, 0.29) is 12.4 Å². The zero-order chi connectivity index (χ0) is 19.7. The first-order valence-electron chi connectivity index (χ1n) is 8.28. The summed E-state index contributed by atoms with van der Waals surface area (Å²) in [6.45, 7) is -0.0892. The maximum absolute atomic E-state index is 12.5. The van der Waals surface area contributed by atoms with Crippen molar-refractivity contribution in [2.45, 2.75) is 12.1 Å². The third kappa shape index (κ3) is 2.97. The van der Waals surface area contributed by atoms with E-state index >= 15 is 0 Å². The number of carbonyl (C=O) groups excluding carboxylic acids is 2. The summed E-state index contributed by atoms with van der Waals surface area (Å²) in [6.07, 6.45) is 6.03. The van der Waals surface area contributed by atoms with Crippen LogP contribution in [0.25, 0.3) is 10.8 Å². The number of hydrogen-bond donors (Lipinski definition) is 3. The van der Waals surface area contributed by atoms with E-state index in [1.54, 1.807) is 24.4 Å². The lowest BCUT2D eigenvalue weighted by Crippen LogP contribution is -2.49. The van der Waals surface area contributed by atoms with Crippen LogP contribution in [0.5, 0.6) is 11.6 Å². The molecule has 1 saturated heterocycles. The minimum Gasteiger partial charge on any atom is -0.497 e. The van der Waals surface area contributed by atoms with Crippen LogP contribution in [-0.4, -0.2) is 44.2 Å². The standard InChI is InChI=1S/C19H15N5O4/c1-28-14-3-2-13-9-24(16(25)15(13)6-14)10-19(17(26)22-18(27)23-19)5-4-12-7-20-11-21-8-12/h2-3,6-9,11,25H,10H2,1H3,(H2,22,23,26,27)/t19-/m1/s1. The Morgan fingerprint density at radius 1 is 1.29 bits per heavy atom. The maximum Gasteiger partial charge on any atom is 0.323 e. The Kier molecular flexibility index (Phi) is 4.08. The third-order valence-electron chi connectivity index (χ3n) is 4.40. The smallest absolute Gasteiger partial charge is 0.323 e. The van der Waals surface area contributed by atoms with Gasteiger partial charge < -0.3 is 19.7 Å². The van der Waals surface area contributed by atoms with Crippen LogP contribution in [0.15, 0.2) is 43.1 Å². The summed E-state index contributed by atoms with van der Waals surface area (Å²) in [7, 11) is 1.53. The van der Waals surface area contributed by atoms with Crippen LogP contribution in [0.1, 0.15) is 5.56 Å². The normalized spacial score (nSPS) is 18.3. The fourth-order valence-corrected chi connectivity index (χ4v) is 3.00. The van der Waals surface area contributed by atoms with Crippen molar-refractivity contribution in [3.63, 3.8) is 0 Å². The highest BCUT2D eigenvalue weighted by Crippen LogP contribution is 2.31. The van der Waals surface area contributed by atoms with E-state index in [1.165, 1.54) is 30.4 Å². The monoisotopic (exact) mass is 377 g/mol. The number of rotatable bonds is 3. The first kappa shape index (κ1) is 17.4. The van der Waals surface area contributed by atoms with Crippen molar-refractivity contribution in [1.29, 1.82) is 0 Å². The fourth-order valence-electron chi connectivity index (χ4n) is 3.00. The molecule has 1 aromatic carbocycles. The van der Waals surface area contributed by atoms with Crippen molar-refractivity contribution in [3.8, 4) is 23.5 Å². The van der Waals surface area contributed by atoms with E-state index in [0.717, 1.165) is 5.39 Å². The lowest BCUT2D eigenvalue weighted by molar-refractivity contribution is -0.122. The minimum absolute atomic E-state index is 0.0629. The van der Waals surface area contributed by atoms with Crippen LogP contribution in [0, 0.1) is 11.8 Å². The Hall–Kier alpha value is -4.06. The van der Waals surface area contributed by atoms with Gasteiger partial charge in [-0.2, -0.15) is 0 Å². The van der Waals surface area contributed by atoms with Gasteiger partial charge >= 0.3 is 6.03 Å². The fraction of sp³-hybridized carbons (Fsp3) is 0.158. The van der Waals surface area contributed by atoms with E-state index in [2.05, 4.69) is 32.4 Å². The number of aromatic nitrogens is 3. The molecule has 4 rings (SSSR count). The molecule has 9 nitrogen and oxygen atoms in total. The number of amides is 3. The van der Waals surface area contributed by atoms with Crippen molar-refractivity contribution >= 4 is 22.7 Å². The van der Waals surface area contributed by atoms with E-state index in [4.69, 9.17) is 4.74 Å². The molecule has 1 aliphatic heterocycles. The zero-order valence-corrected chi connectivity index (χ0v) is 14.8. The number of nitrogens with one attached hydrogen (secondary N) is 2. The molecular formula is C19H15N5O4. The van der Waals surface area contributed by atoms with E-state index in [9.17, 15) is 14.7 Å². The topological polar surface area (TPSA) is 118 Å². The number of benzene rings is 1. The SMILES string of the molecule is COc1ccc2cn(C[C@@]3(C#Cc4cncnc4)NC(=O)NC3=O)c(O)c2c1. The average Bonchev–Trinajstić information content (AvgIpc) is 3.16. The van der Waals surface area contributed by atoms with Gasteiger partial charge in [-0.15, -0.1) is 0 Å². The summed E-state index contributed by atoms with van der Waals surface area (Å²) >= 11 is 0. The Morgan fingerprint density at radius 2 is 2.07 bits per heavy atom. The second-order valence-corrected chi connectivity index (χ2v) is 6.22. The number of hydrogen-bond acceptors (Lipinski definition) is 6. The number of ether oxygens (including phenoxy) is 1. The van der Waals surface area contributed by atoms with Crippen LogP contribution in [0.3, 0.4) is 0 Å². The van der Waals surface area contributed by atoms with E-state index in [0.29, 0.717) is 16.7 Å². The van der Waals surface area contributed by atoms with Crippen LogP contribution in [0.2, 0.25) is 0 Å². The number of aromatic hydroxyl groups is 1. The molecule has 0 bridgehead atoms. The highest BCUT2D eigenvalue weighted by atomic mass is 16.5. The molecule has 1 atom stereocenters. The minimum atomic E-state index is -1.55. The summed E-state index contributed by atoms with van der Waals surface area (Å²) in [5.41, 5.74) is -1.06. The highest BCUT2D eigenvalue weighted by molar-refractivity contribution is 6.09. The predicted octanol–water partition coefficient (Wildman–Crippen LogP) is 0.775. The van der Waals surface area contributed by atoms with E-state index < -0.39 is 17.5 Å². The summed E-state index contributed by atoms with van der Waals surface area (Å²) in [5.74, 6) is 5.53. The summed E-state index contributed by atoms with van der Waals surface area (Å²) < 4.78 is 6.65. The average molecular weight is 377 g/mol. The second-order valence-electron chi connectivity index (χ2n) is 6.22. The molecule has 9 heteroatoms. The Morgan fingerprint density at radius 3 is 2.75 bits per heavy atom. The van der Waals surface area contributed by atoms with Gasteiger partial charge in [0, 0.05) is 29.4 Å². The summed E-state index contributed by atoms with van der Waals surface area (Å²) in [6, 6.07) is 4.59. The highest BCUT2D eigenvalue weighted by Gasteiger charge is 2.46. The molecule has 3 heterocycles. The number of carbonyl (C=O) groups is 2. The molecule has 1 fully saturated rings. The van der Waals surface area contributed by atoms with Gasteiger partial charge in [0.25, 0.3) is 5.91 Å². The second kappa shape index (κ2) is 6.59. The summed E-state index contributed by atoms with van der Waals surface area (Å²) in [5, 5.41) is 16.7. The summed E-state index contributed by atoms with van der Waals surface area (Å²) in [4.78, 5) is 32.0. The Balaban J connectivity index is 1.76. The van der Waals surface area contributed by atoms with Gasteiger partial charge in [0.15, 0.2) is 5.88 Å². The van der Waals surface area contributed by atoms with Crippen LogP contribution >= 0.6 is 0 Å². The van der Waals surface area contributed by atoms with Crippen LogP contribution < -0.4 is 15.4 Å². The number of methoxy groups -OCH3 is 1. The van der Waals surface area contributed by atoms with Gasteiger partial charge in [0.05, 0.1) is 19.2 Å². The van der Waals surface area contributed by atoms with Crippen LogP contribution in [0.4, 0.5) is 4.79 Å². The molecule has 3 N–H and O–H groups in total. The molecule has 2 aromatic heterocycles. The largest absolute Gasteiger partial charge is 0.497 e. The first-order chi connectivity index (χ1) is 13.5. The number of fused-ring (bicyclic) bond motifs is 1. The first-order valence-corrected chi connectivity index (χ1v) is 8.28. The third-order valence-corrected chi connectivity index (χ3v) is 4.40. The lowest BCUT2D eigenvalue weighted by Gasteiger charge is -2.20. The van der Waals surface area contributed by atoms with Crippen molar-refractivity contribution in [3.05, 3.63) is 48.7 Å². The molecule has 3 aromatic rings. The lowest BCUT2D eigenvalue weighted by atomic mass is 10.00. The van der Waals surface area contributed by atoms with Gasteiger partial charge in [-0.1, -0.05) is 11.8 Å². The molecule has 0 aliphatic carbocycles. The van der Waals surface area contributed by atoms with Crippen molar-refractivity contribution in [2.75, 3.05) is 7.11 Å². The number of urea groups is 1.